The van der Waals surface area contributed by atoms with E-state index in [0.29, 0.717) is 30.2 Å². The third-order valence-corrected chi connectivity index (χ3v) is 3.02. The number of hydrogen-bond donors (Lipinski definition) is 0. The van der Waals surface area contributed by atoms with Crippen molar-refractivity contribution in [3.05, 3.63) is 53.7 Å². The zero-order valence-corrected chi connectivity index (χ0v) is 12.3. The normalized spacial score (nSPS) is 10.2. The van der Waals surface area contributed by atoms with Crippen LogP contribution < -0.4 is 9.47 Å². The molecule has 0 amide bonds. The molecule has 0 N–H and O–H groups in total. The van der Waals surface area contributed by atoms with Crippen LogP contribution in [0.25, 0.3) is 0 Å². The van der Waals surface area contributed by atoms with E-state index in [4.69, 9.17) is 9.47 Å². The van der Waals surface area contributed by atoms with Gasteiger partial charge in [0.2, 0.25) is 5.88 Å². The van der Waals surface area contributed by atoms with Gasteiger partial charge in [0.1, 0.15) is 5.75 Å². The Bertz CT molecular complexity index is 593. The number of carbonyl (C=O) groups is 1. The van der Waals surface area contributed by atoms with Gasteiger partial charge in [-0.15, -0.1) is 0 Å². The number of ketones is 1. The highest BCUT2D eigenvalue weighted by Gasteiger charge is 2.13. The summed E-state index contributed by atoms with van der Waals surface area (Å²) in [4.78, 5) is 16.5. The first-order chi connectivity index (χ1) is 10.2. The second kappa shape index (κ2) is 7.43. The molecule has 4 nitrogen and oxygen atoms in total. The summed E-state index contributed by atoms with van der Waals surface area (Å²) in [5, 5.41) is 0. The molecule has 0 atom stereocenters. The van der Waals surface area contributed by atoms with Gasteiger partial charge in [-0.3, -0.25) is 4.79 Å². The van der Waals surface area contributed by atoms with Crippen molar-refractivity contribution in [2.75, 3.05) is 13.7 Å². The number of rotatable bonds is 7. The summed E-state index contributed by atoms with van der Waals surface area (Å²) in [6, 6.07) is 10.9. The molecular weight excluding hydrogens is 266 g/mol. The lowest BCUT2D eigenvalue weighted by Gasteiger charge is -2.10. The smallest absolute Gasteiger partial charge is 0.212 e. The fraction of sp³-hybridized carbons (Fsp3) is 0.294. The number of benzene rings is 1. The highest BCUT2D eigenvalue weighted by atomic mass is 16.5. The molecule has 0 aliphatic rings. The van der Waals surface area contributed by atoms with Crippen LogP contribution in [0.2, 0.25) is 0 Å². The summed E-state index contributed by atoms with van der Waals surface area (Å²) in [7, 11) is 1.56. The van der Waals surface area contributed by atoms with Crippen LogP contribution in [0.4, 0.5) is 0 Å². The number of nitrogens with zero attached hydrogens (tertiary/aromatic N) is 1. The third-order valence-electron chi connectivity index (χ3n) is 3.02. The van der Waals surface area contributed by atoms with E-state index in [2.05, 4.69) is 4.98 Å². The van der Waals surface area contributed by atoms with Crippen LogP contribution in [0.3, 0.4) is 0 Å². The zero-order valence-electron chi connectivity index (χ0n) is 12.3. The summed E-state index contributed by atoms with van der Waals surface area (Å²) in [5.74, 6) is 1.21. The van der Waals surface area contributed by atoms with E-state index in [-0.39, 0.29) is 5.78 Å². The minimum Gasteiger partial charge on any atom is -0.493 e. The van der Waals surface area contributed by atoms with Crippen LogP contribution in [-0.4, -0.2) is 24.5 Å². The summed E-state index contributed by atoms with van der Waals surface area (Å²) in [5.41, 5.74) is 1.47. The molecule has 0 radical (unpaired) electrons. The molecule has 0 aliphatic carbocycles. The second-order valence-corrected chi connectivity index (χ2v) is 4.65. The van der Waals surface area contributed by atoms with E-state index >= 15 is 0 Å². The molecule has 0 unspecified atom stereocenters. The van der Waals surface area contributed by atoms with Gasteiger partial charge in [-0.25, -0.2) is 4.98 Å². The Morgan fingerprint density at radius 1 is 1.19 bits per heavy atom. The molecule has 2 aromatic rings. The predicted octanol–water partition coefficient (Wildman–Crippen LogP) is 3.30. The Balaban J connectivity index is 2.12. The van der Waals surface area contributed by atoms with E-state index in [0.717, 1.165) is 12.0 Å². The maximum Gasteiger partial charge on any atom is 0.212 e. The van der Waals surface area contributed by atoms with Gasteiger partial charge in [0.05, 0.1) is 19.3 Å². The molecule has 4 heteroatoms. The second-order valence-electron chi connectivity index (χ2n) is 4.65. The van der Waals surface area contributed by atoms with E-state index in [1.807, 2.05) is 31.2 Å². The Morgan fingerprint density at radius 2 is 2.00 bits per heavy atom. The quantitative estimate of drug-likeness (QED) is 0.732. The monoisotopic (exact) mass is 285 g/mol. The minimum absolute atomic E-state index is 0.0219. The fourth-order valence-corrected chi connectivity index (χ4v) is 1.95. The van der Waals surface area contributed by atoms with Gasteiger partial charge >= 0.3 is 0 Å². The summed E-state index contributed by atoms with van der Waals surface area (Å²) < 4.78 is 10.6. The molecule has 0 fully saturated rings. The van der Waals surface area contributed by atoms with Crippen molar-refractivity contribution in [1.82, 2.24) is 4.98 Å². The van der Waals surface area contributed by atoms with Crippen LogP contribution in [0.5, 0.6) is 11.6 Å². The molecule has 110 valence electrons. The Kier molecular flexibility index (Phi) is 5.32. The number of methoxy groups -OCH3 is 1. The number of ether oxygens (including phenoxy) is 2. The number of para-hydroxylation sites is 1. The molecule has 1 heterocycles. The minimum atomic E-state index is 0.0219. The van der Waals surface area contributed by atoms with Crippen LogP contribution in [0.1, 0.15) is 29.3 Å². The number of pyridine rings is 1. The lowest BCUT2D eigenvalue weighted by atomic mass is 10.0. The first-order valence-electron chi connectivity index (χ1n) is 6.98. The Labute approximate surface area is 124 Å². The first kappa shape index (κ1) is 15.0. The molecule has 21 heavy (non-hydrogen) atoms. The zero-order chi connectivity index (χ0) is 15.1. The molecule has 0 bridgehead atoms. The molecule has 1 aromatic carbocycles. The van der Waals surface area contributed by atoms with Gasteiger partial charge in [0, 0.05) is 18.7 Å². The van der Waals surface area contributed by atoms with Gasteiger partial charge in [-0.1, -0.05) is 25.1 Å². The van der Waals surface area contributed by atoms with E-state index in [9.17, 15) is 4.79 Å². The van der Waals surface area contributed by atoms with Crippen LogP contribution in [0.15, 0.2) is 42.6 Å². The van der Waals surface area contributed by atoms with E-state index < -0.39 is 0 Å². The summed E-state index contributed by atoms with van der Waals surface area (Å²) in [6.07, 6.45) is 2.86. The first-order valence-corrected chi connectivity index (χ1v) is 6.98. The lowest BCUT2D eigenvalue weighted by molar-refractivity contribution is 0.0989. The van der Waals surface area contributed by atoms with E-state index in [1.165, 1.54) is 0 Å². The topological polar surface area (TPSA) is 48.4 Å². The highest BCUT2D eigenvalue weighted by Crippen LogP contribution is 2.20. The molecule has 0 aliphatic heterocycles. The van der Waals surface area contributed by atoms with Gasteiger partial charge in [-0.2, -0.15) is 0 Å². The van der Waals surface area contributed by atoms with Gasteiger partial charge < -0.3 is 9.47 Å². The number of hydrogen-bond acceptors (Lipinski definition) is 4. The van der Waals surface area contributed by atoms with Crippen molar-refractivity contribution in [2.45, 2.75) is 19.8 Å². The average molecular weight is 285 g/mol. The van der Waals surface area contributed by atoms with Crippen molar-refractivity contribution in [3.63, 3.8) is 0 Å². The van der Waals surface area contributed by atoms with E-state index in [1.54, 1.807) is 25.4 Å². The van der Waals surface area contributed by atoms with Gasteiger partial charge in [0.25, 0.3) is 0 Å². The van der Waals surface area contributed by atoms with Crippen LogP contribution in [0, 0.1) is 0 Å². The summed E-state index contributed by atoms with van der Waals surface area (Å²) >= 11 is 0. The molecule has 0 spiro atoms. The molecule has 2 rings (SSSR count). The Morgan fingerprint density at radius 3 is 2.67 bits per heavy atom. The number of aromatic nitrogens is 1. The van der Waals surface area contributed by atoms with Gasteiger partial charge in [-0.05, 0) is 24.1 Å². The molecule has 0 saturated carbocycles. The van der Waals surface area contributed by atoms with Crippen molar-refractivity contribution in [2.24, 2.45) is 0 Å². The van der Waals surface area contributed by atoms with Crippen molar-refractivity contribution in [1.29, 1.82) is 0 Å². The maximum absolute atomic E-state index is 12.4. The Hall–Kier alpha value is -2.36. The SMILES string of the molecule is CCCOc1ccccc1C(=O)Cc1ccc(OC)nc1. The fourth-order valence-electron chi connectivity index (χ4n) is 1.95. The molecule has 1 aromatic heterocycles. The summed E-state index contributed by atoms with van der Waals surface area (Å²) in [6.45, 7) is 2.64. The van der Waals surface area contributed by atoms with Crippen molar-refractivity contribution in [3.8, 4) is 11.6 Å². The van der Waals surface area contributed by atoms with Crippen LogP contribution >= 0.6 is 0 Å². The maximum atomic E-state index is 12.4. The van der Waals surface area contributed by atoms with Gasteiger partial charge in [0.15, 0.2) is 5.78 Å². The van der Waals surface area contributed by atoms with Crippen molar-refractivity contribution < 1.29 is 14.3 Å². The third kappa shape index (κ3) is 4.05. The molecule has 0 saturated heterocycles. The van der Waals surface area contributed by atoms with Crippen LogP contribution in [-0.2, 0) is 6.42 Å². The largest absolute Gasteiger partial charge is 0.493 e. The number of carbonyl (C=O) groups excluding carboxylic acids is 1. The number of Topliss-reactive ketones (excluding diaryl/α,β-unsaturated/α-hetero) is 1. The lowest BCUT2D eigenvalue weighted by Crippen LogP contribution is -2.07. The predicted molar refractivity (Wildman–Crippen MR) is 81.1 cm³/mol. The standard InChI is InChI=1S/C17H19NO3/c1-3-10-21-16-7-5-4-6-14(16)15(19)11-13-8-9-17(20-2)18-12-13/h4-9,12H,3,10-11H2,1-2H3. The molecular formula is C17H19NO3. The van der Waals surface area contributed by atoms with Crippen molar-refractivity contribution >= 4 is 5.78 Å². The average Bonchev–Trinajstić information content (AvgIpc) is 2.54. The highest BCUT2D eigenvalue weighted by molar-refractivity contribution is 5.99.